The van der Waals surface area contributed by atoms with Crippen molar-refractivity contribution in [2.24, 2.45) is 11.8 Å². The van der Waals surface area contributed by atoms with E-state index < -0.39 is 5.97 Å². The second kappa shape index (κ2) is 8.65. The highest BCUT2D eigenvalue weighted by Crippen LogP contribution is 2.21. The normalized spacial score (nSPS) is 15.2. The SMILES string of the molecule is CCC(CC)C(=O)Nc1cccc(C(=O)N2CCC(C(=O)O)CC2)c1. The Kier molecular flexibility index (Phi) is 6.56. The molecule has 2 rings (SSSR count). The molecular weight excluding hydrogens is 320 g/mol. The number of amides is 2. The number of anilines is 1. The number of likely N-dealkylation sites (tertiary alicyclic amines) is 1. The van der Waals surface area contributed by atoms with Crippen molar-refractivity contribution in [3.8, 4) is 0 Å². The summed E-state index contributed by atoms with van der Waals surface area (Å²) in [5.74, 6) is -1.35. The topological polar surface area (TPSA) is 86.7 Å². The maximum Gasteiger partial charge on any atom is 0.306 e. The van der Waals surface area contributed by atoms with E-state index in [1.807, 2.05) is 13.8 Å². The number of piperidine rings is 1. The first kappa shape index (κ1) is 19.0. The Bertz CT molecular complexity index is 632. The molecule has 0 radical (unpaired) electrons. The highest BCUT2D eigenvalue weighted by atomic mass is 16.4. The van der Waals surface area contributed by atoms with Gasteiger partial charge in [0.15, 0.2) is 0 Å². The minimum atomic E-state index is -0.793. The molecule has 1 fully saturated rings. The Labute approximate surface area is 148 Å². The summed E-state index contributed by atoms with van der Waals surface area (Å²) < 4.78 is 0. The summed E-state index contributed by atoms with van der Waals surface area (Å²) in [6.07, 6.45) is 2.51. The van der Waals surface area contributed by atoms with Crippen molar-refractivity contribution < 1.29 is 19.5 Å². The van der Waals surface area contributed by atoms with Gasteiger partial charge in [0.05, 0.1) is 5.92 Å². The lowest BCUT2D eigenvalue weighted by Gasteiger charge is -2.30. The molecule has 0 spiro atoms. The molecule has 136 valence electrons. The molecule has 6 nitrogen and oxygen atoms in total. The molecule has 25 heavy (non-hydrogen) atoms. The zero-order valence-electron chi connectivity index (χ0n) is 14.8. The van der Waals surface area contributed by atoms with Crippen LogP contribution in [0.15, 0.2) is 24.3 Å². The van der Waals surface area contributed by atoms with Gasteiger partial charge in [0, 0.05) is 30.3 Å². The molecular formula is C19H26N2O4. The second-order valence-electron chi connectivity index (χ2n) is 6.49. The molecule has 0 aromatic heterocycles. The lowest BCUT2D eigenvalue weighted by atomic mass is 9.96. The van der Waals surface area contributed by atoms with Gasteiger partial charge in [-0.2, -0.15) is 0 Å². The minimum absolute atomic E-state index is 0.0307. The summed E-state index contributed by atoms with van der Waals surface area (Å²) in [5, 5.41) is 11.9. The zero-order chi connectivity index (χ0) is 18.4. The average molecular weight is 346 g/mol. The summed E-state index contributed by atoms with van der Waals surface area (Å²) >= 11 is 0. The van der Waals surface area contributed by atoms with Gasteiger partial charge in [-0.3, -0.25) is 14.4 Å². The highest BCUT2D eigenvalue weighted by Gasteiger charge is 2.27. The molecule has 0 aliphatic carbocycles. The number of hydrogen-bond acceptors (Lipinski definition) is 3. The van der Waals surface area contributed by atoms with Gasteiger partial charge in [-0.15, -0.1) is 0 Å². The van der Waals surface area contributed by atoms with Crippen LogP contribution in [0.5, 0.6) is 0 Å². The molecule has 1 saturated heterocycles. The Morgan fingerprint density at radius 1 is 1.20 bits per heavy atom. The van der Waals surface area contributed by atoms with Crippen LogP contribution < -0.4 is 5.32 Å². The number of carboxylic acid groups (broad SMARTS) is 1. The molecule has 0 bridgehead atoms. The average Bonchev–Trinajstić information content (AvgIpc) is 2.62. The van der Waals surface area contributed by atoms with Gasteiger partial charge >= 0.3 is 5.97 Å². The lowest BCUT2D eigenvalue weighted by molar-refractivity contribution is -0.143. The number of hydrogen-bond donors (Lipinski definition) is 2. The molecule has 0 saturated carbocycles. The number of carbonyl (C=O) groups is 3. The van der Waals surface area contributed by atoms with Crippen molar-refractivity contribution in [1.82, 2.24) is 4.90 Å². The molecule has 0 unspecified atom stereocenters. The van der Waals surface area contributed by atoms with Gasteiger partial charge in [0.2, 0.25) is 5.91 Å². The summed E-state index contributed by atoms with van der Waals surface area (Å²) in [6, 6.07) is 6.93. The van der Waals surface area contributed by atoms with Crippen molar-refractivity contribution >= 4 is 23.5 Å². The second-order valence-corrected chi connectivity index (χ2v) is 6.49. The molecule has 2 amide bonds. The Hall–Kier alpha value is -2.37. The van der Waals surface area contributed by atoms with Crippen LogP contribution in [0.25, 0.3) is 0 Å². The number of nitrogens with one attached hydrogen (secondary N) is 1. The van der Waals surface area contributed by atoms with E-state index in [9.17, 15) is 14.4 Å². The zero-order valence-corrected chi connectivity index (χ0v) is 14.8. The Morgan fingerprint density at radius 2 is 1.84 bits per heavy atom. The van der Waals surface area contributed by atoms with Gasteiger partial charge < -0.3 is 15.3 Å². The maximum atomic E-state index is 12.6. The van der Waals surface area contributed by atoms with Gasteiger partial charge in [-0.05, 0) is 43.9 Å². The van der Waals surface area contributed by atoms with Crippen LogP contribution in [-0.4, -0.2) is 40.9 Å². The van der Waals surface area contributed by atoms with Crippen LogP contribution in [-0.2, 0) is 9.59 Å². The molecule has 1 aromatic rings. The Balaban J connectivity index is 2.02. The van der Waals surface area contributed by atoms with E-state index in [0.29, 0.717) is 37.2 Å². The van der Waals surface area contributed by atoms with Crippen molar-refractivity contribution in [1.29, 1.82) is 0 Å². The van der Waals surface area contributed by atoms with Crippen LogP contribution in [0, 0.1) is 11.8 Å². The predicted octanol–water partition coefficient (Wildman–Crippen LogP) is 3.00. The maximum absolute atomic E-state index is 12.6. The van der Waals surface area contributed by atoms with Crippen molar-refractivity contribution in [3.63, 3.8) is 0 Å². The molecule has 1 aliphatic rings. The number of carbonyl (C=O) groups excluding carboxylic acids is 2. The summed E-state index contributed by atoms with van der Waals surface area (Å²) in [4.78, 5) is 37.5. The van der Waals surface area contributed by atoms with Crippen molar-refractivity contribution in [2.45, 2.75) is 39.5 Å². The number of aliphatic carboxylic acids is 1. The first-order chi connectivity index (χ1) is 12.0. The fourth-order valence-electron chi connectivity index (χ4n) is 3.15. The molecule has 2 N–H and O–H groups in total. The number of carboxylic acids is 1. The van der Waals surface area contributed by atoms with Crippen LogP contribution in [0.2, 0.25) is 0 Å². The van der Waals surface area contributed by atoms with E-state index in [1.54, 1.807) is 29.2 Å². The van der Waals surface area contributed by atoms with Crippen LogP contribution >= 0.6 is 0 Å². The van der Waals surface area contributed by atoms with Crippen LogP contribution in [0.1, 0.15) is 49.9 Å². The Morgan fingerprint density at radius 3 is 2.40 bits per heavy atom. The summed E-state index contributed by atoms with van der Waals surface area (Å²) in [5.41, 5.74) is 1.12. The summed E-state index contributed by atoms with van der Waals surface area (Å²) in [7, 11) is 0. The van der Waals surface area contributed by atoms with Gasteiger partial charge in [0.25, 0.3) is 5.91 Å². The molecule has 1 aromatic carbocycles. The third kappa shape index (κ3) is 4.81. The van der Waals surface area contributed by atoms with Crippen molar-refractivity contribution in [3.05, 3.63) is 29.8 Å². The van der Waals surface area contributed by atoms with Crippen molar-refractivity contribution in [2.75, 3.05) is 18.4 Å². The van der Waals surface area contributed by atoms with E-state index in [2.05, 4.69) is 5.32 Å². The van der Waals surface area contributed by atoms with Crippen LogP contribution in [0.3, 0.4) is 0 Å². The number of rotatable bonds is 6. The molecule has 1 heterocycles. The summed E-state index contributed by atoms with van der Waals surface area (Å²) in [6.45, 7) is 4.85. The standard InChI is InChI=1S/C19H26N2O4/c1-3-13(4-2)17(22)20-16-7-5-6-15(12-16)18(23)21-10-8-14(9-11-21)19(24)25/h5-7,12-14H,3-4,8-11H2,1-2H3,(H,20,22)(H,24,25). The monoisotopic (exact) mass is 346 g/mol. The number of benzene rings is 1. The first-order valence-corrected chi connectivity index (χ1v) is 8.89. The largest absolute Gasteiger partial charge is 0.481 e. The van der Waals surface area contributed by atoms with Gasteiger partial charge in [-0.25, -0.2) is 0 Å². The fraction of sp³-hybridized carbons (Fsp3) is 0.526. The third-order valence-corrected chi connectivity index (χ3v) is 4.86. The molecule has 6 heteroatoms. The van der Waals surface area contributed by atoms with Gasteiger partial charge in [-0.1, -0.05) is 19.9 Å². The van der Waals surface area contributed by atoms with Gasteiger partial charge in [0.1, 0.15) is 0 Å². The van der Waals surface area contributed by atoms with E-state index in [4.69, 9.17) is 5.11 Å². The quantitative estimate of drug-likeness (QED) is 0.829. The van der Waals surface area contributed by atoms with E-state index in [1.165, 1.54) is 0 Å². The third-order valence-electron chi connectivity index (χ3n) is 4.86. The number of nitrogens with zero attached hydrogens (tertiary/aromatic N) is 1. The highest BCUT2D eigenvalue weighted by molar-refractivity contribution is 5.97. The minimum Gasteiger partial charge on any atom is -0.481 e. The molecule has 0 atom stereocenters. The first-order valence-electron chi connectivity index (χ1n) is 8.89. The van der Waals surface area contributed by atoms with E-state index in [-0.39, 0.29) is 23.7 Å². The van der Waals surface area contributed by atoms with E-state index in [0.717, 1.165) is 12.8 Å². The smallest absolute Gasteiger partial charge is 0.306 e. The molecule has 1 aliphatic heterocycles. The fourth-order valence-corrected chi connectivity index (χ4v) is 3.15. The van der Waals surface area contributed by atoms with Crippen LogP contribution in [0.4, 0.5) is 5.69 Å². The lowest BCUT2D eigenvalue weighted by Crippen LogP contribution is -2.40. The predicted molar refractivity (Wildman–Crippen MR) is 95.4 cm³/mol. The van der Waals surface area contributed by atoms with E-state index >= 15 is 0 Å².